The topological polar surface area (TPSA) is 150 Å². The molecule has 1 rings (SSSR count). The number of rotatable bonds is 8. The summed E-state index contributed by atoms with van der Waals surface area (Å²) < 4.78 is 0. The van der Waals surface area contributed by atoms with Gasteiger partial charge in [-0.05, 0) is 25.1 Å². The van der Waals surface area contributed by atoms with E-state index in [4.69, 9.17) is 21.5 Å². The molecule has 1 aliphatic heterocycles. The Morgan fingerprint density at radius 2 is 2.09 bits per heavy atom. The fourth-order valence-electron chi connectivity index (χ4n) is 3.04. The van der Waals surface area contributed by atoms with Crippen molar-refractivity contribution < 1.29 is 24.7 Å². The molecule has 7 N–H and O–H groups in total. The average molecular weight is 329 g/mol. The first-order chi connectivity index (χ1) is 10.7. The molecule has 0 aromatic carbocycles. The fourth-order valence-corrected chi connectivity index (χ4v) is 3.04. The number of likely N-dealkylation sites (tertiary alicyclic amines) is 1. The molecule has 1 saturated heterocycles. The van der Waals surface area contributed by atoms with Crippen molar-refractivity contribution in [2.45, 2.75) is 56.9 Å². The van der Waals surface area contributed by atoms with Gasteiger partial charge in [-0.3, -0.25) is 9.59 Å². The second-order valence-corrected chi connectivity index (χ2v) is 6.56. The van der Waals surface area contributed by atoms with E-state index in [0.717, 1.165) is 12.8 Å². The van der Waals surface area contributed by atoms with Gasteiger partial charge in [0.05, 0.1) is 6.04 Å². The molecule has 3 atom stereocenters. The number of hydrogen-bond acceptors (Lipinski definition) is 6. The number of carbonyl (C=O) groups excluding carboxylic acids is 1. The third-order valence-corrected chi connectivity index (χ3v) is 4.36. The lowest BCUT2D eigenvalue weighted by Crippen LogP contribution is -2.64. The van der Waals surface area contributed by atoms with Crippen molar-refractivity contribution in [1.82, 2.24) is 4.90 Å². The summed E-state index contributed by atoms with van der Waals surface area (Å²) >= 11 is 0. The van der Waals surface area contributed by atoms with Gasteiger partial charge in [0.15, 0.2) is 0 Å². The van der Waals surface area contributed by atoms with Crippen LogP contribution in [0.15, 0.2) is 0 Å². The number of amides is 1. The number of nitrogens with two attached hydrogens (primary N) is 2. The first-order valence-electron chi connectivity index (χ1n) is 8.12. The van der Waals surface area contributed by atoms with Crippen LogP contribution in [0.3, 0.4) is 0 Å². The van der Waals surface area contributed by atoms with E-state index in [0.29, 0.717) is 19.4 Å². The summed E-state index contributed by atoms with van der Waals surface area (Å²) in [5, 5.41) is 27.4. The van der Waals surface area contributed by atoms with Gasteiger partial charge in [0.25, 0.3) is 0 Å². The molecular formula is C14H28BN3O5. The number of nitrogens with zero attached hydrogens (tertiary/aromatic N) is 1. The predicted octanol–water partition coefficient (Wildman–Crippen LogP) is -1.00. The van der Waals surface area contributed by atoms with Gasteiger partial charge < -0.3 is 31.5 Å². The predicted molar refractivity (Wildman–Crippen MR) is 86.4 cm³/mol. The lowest BCUT2D eigenvalue weighted by Gasteiger charge is -2.42. The Bertz CT molecular complexity index is 423. The van der Waals surface area contributed by atoms with E-state index in [1.165, 1.54) is 4.90 Å². The Morgan fingerprint density at radius 3 is 2.61 bits per heavy atom. The maximum absolute atomic E-state index is 12.5. The smallest absolute Gasteiger partial charge is 0.451 e. The molecule has 1 fully saturated rings. The summed E-state index contributed by atoms with van der Waals surface area (Å²) in [6.45, 7) is 2.28. The molecule has 1 aliphatic rings. The number of carbonyl (C=O) groups is 2. The second kappa shape index (κ2) is 8.63. The van der Waals surface area contributed by atoms with Gasteiger partial charge in [0, 0.05) is 13.1 Å². The SMILES string of the molecule is CCCC[C@H](N)C(=O)N1C[C@@H](CCB(O)O)C[C@](N)(C(=O)O)C1. The number of carboxylic acid groups (broad SMARTS) is 1. The van der Waals surface area contributed by atoms with E-state index in [1.54, 1.807) is 0 Å². The van der Waals surface area contributed by atoms with Gasteiger partial charge in [-0.25, -0.2) is 0 Å². The summed E-state index contributed by atoms with van der Waals surface area (Å²) in [4.78, 5) is 25.4. The molecule has 23 heavy (non-hydrogen) atoms. The maximum atomic E-state index is 12.5. The van der Waals surface area contributed by atoms with Gasteiger partial charge in [0.1, 0.15) is 5.54 Å². The number of piperidine rings is 1. The minimum Gasteiger partial charge on any atom is -0.480 e. The van der Waals surface area contributed by atoms with Crippen molar-refractivity contribution in [1.29, 1.82) is 0 Å². The largest absolute Gasteiger partial charge is 0.480 e. The molecule has 0 aliphatic carbocycles. The van der Waals surface area contributed by atoms with Gasteiger partial charge >= 0.3 is 13.1 Å². The molecule has 0 radical (unpaired) electrons. The van der Waals surface area contributed by atoms with Crippen LogP contribution in [0.5, 0.6) is 0 Å². The Labute approximate surface area is 137 Å². The average Bonchev–Trinajstić information content (AvgIpc) is 2.49. The summed E-state index contributed by atoms with van der Waals surface area (Å²) in [7, 11) is -1.45. The second-order valence-electron chi connectivity index (χ2n) is 6.56. The van der Waals surface area contributed by atoms with Crippen molar-refractivity contribution >= 4 is 19.0 Å². The quantitative estimate of drug-likeness (QED) is 0.358. The van der Waals surface area contributed by atoms with Crippen molar-refractivity contribution in [3.05, 3.63) is 0 Å². The number of carboxylic acids is 1. The number of aliphatic carboxylic acids is 1. The zero-order valence-corrected chi connectivity index (χ0v) is 13.6. The van der Waals surface area contributed by atoms with Crippen LogP contribution in [-0.4, -0.2) is 63.7 Å². The Hall–Kier alpha value is -1.16. The summed E-state index contributed by atoms with van der Waals surface area (Å²) in [5.41, 5.74) is 10.4. The third kappa shape index (κ3) is 5.76. The molecule has 0 aromatic heterocycles. The highest BCUT2D eigenvalue weighted by Crippen LogP contribution is 2.28. The van der Waals surface area contributed by atoms with Crippen LogP contribution in [-0.2, 0) is 9.59 Å². The van der Waals surface area contributed by atoms with E-state index in [2.05, 4.69) is 0 Å². The lowest BCUT2D eigenvalue weighted by atomic mass is 9.75. The van der Waals surface area contributed by atoms with Crippen LogP contribution in [0.25, 0.3) is 0 Å². The molecule has 1 amide bonds. The fraction of sp³-hybridized carbons (Fsp3) is 0.857. The van der Waals surface area contributed by atoms with Crippen LogP contribution in [0.1, 0.15) is 39.0 Å². The summed E-state index contributed by atoms with van der Waals surface area (Å²) in [5.74, 6) is -1.65. The first-order valence-corrected chi connectivity index (χ1v) is 8.12. The highest BCUT2D eigenvalue weighted by Gasteiger charge is 2.44. The molecule has 0 aromatic rings. The molecule has 1 heterocycles. The molecule has 0 unspecified atom stereocenters. The molecule has 9 heteroatoms. The van der Waals surface area contributed by atoms with Crippen LogP contribution in [0.2, 0.25) is 6.32 Å². The Morgan fingerprint density at radius 1 is 1.43 bits per heavy atom. The van der Waals surface area contributed by atoms with Crippen LogP contribution in [0, 0.1) is 5.92 Å². The third-order valence-electron chi connectivity index (χ3n) is 4.36. The molecule has 8 nitrogen and oxygen atoms in total. The highest BCUT2D eigenvalue weighted by molar-refractivity contribution is 6.40. The molecular weight excluding hydrogens is 301 g/mol. The number of hydrogen-bond donors (Lipinski definition) is 5. The zero-order valence-electron chi connectivity index (χ0n) is 13.6. The number of unbranched alkanes of at least 4 members (excludes halogenated alkanes) is 1. The zero-order chi connectivity index (χ0) is 17.6. The lowest BCUT2D eigenvalue weighted by molar-refractivity contribution is -0.149. The minimum atomic E-state index is -1.52. The minimum absolute atomic E-state index is 0.0703. The van der Waals surface area contributed by atoms with E-state index in [9.17, 15) is 14.7 Å². The van der Waals surface area contributed by atoms with Gasteiger partial charge in [0.2, 0.25) is 5.91 Å². The van der Waals surface area contributed by atoms with Crippen molar-refractivity contribution in [2.24, 2.45) is 17.4 Å². The van der Waals surface area contributed by atoms with E-state index in [-0.39, 0.29) is 31.1 Å². The highest BCUT2D eigenvalue weighted by atomic mass is 16.4. The van der Waals surface area contributed by atoms with Crippen LogP contribution >= 0.6 is 0 Å². The Balaban J connectivity index is 2.80. The van der Waals surface area contributed by atoms with Gasteiger partial charge in [-0.2, -0.15) is 0 Å². The molecule has 0 bridgehead atoms. The maximum Gasteiger partial charge on any atom is 0.451 e. The Kier molecular flexibility index (Phi) is 7.46. The monoisotopic (exact) mass is 329 g/mol. The van der Waals surface area contributed by atoms with E-state index < -0.39 is 24.7 Å². The van der Waals surface area contributed by atoms with Gasteiger partial charge in [-0.1, -0.05) is 26.2 Å². The standard InChI is InChI=1S/C14H28BN3O5/c1-2-3-4-11(16)12(19)18-8-10(5-6-15(22)23)7-14(17,9-18)13(20)21/h10-11,22-23H,2-9,16-17H2,1H3,(H,20,21)/t10-,11-,14+/m0/s1. The molecule has 0 saturated carbocycles. The first kappa shape index (κ1) is 19.9. The van der Waals surface area contributed by atoms with Gasteiger partial charge in [-0.15, -0.1) is 0 Å². The molecule has 132 valence electrons. The van der Waals surface area contributed by atoms with Crippen LogP contribution < -0.4 is 11.5 Å². The van der Waals surface area contributed by atoms with Crippen molar-refractivity contribution in [3.63, 3.8) is 0 Å². The van der Waals surface area contributed by atoms with Crippen LogP contribution in [0.4, 0.5) is 0 Å². The molecule has 0 spiro atoms. The summed E-state index contributed by atoms with van der Waals surface area (Å²) in [6.07, 6.45) is 3.00. The van der Waals surface area contributed by atoms with E-state index >= 15 is 0 Å². The summed E-state index contributed by atoms with van der Waals surface area (Å²) in [6, 6.07) is -0.657. The van der Waals surface area contributed by atoms with Crippen molar-refractivity contribution in [2.75, 3.05) is 13.1 Å². The van der Waals surface area contributed by atoms with E-state index in [1.807, 2.05) is 6.92 Å². The van der Waals surface area contributed by atoms with Crippen molar-refractivity contribution in [3.8, 4) is 0 Å². The normalized spacial score (nSPS) is 26.0.